The smallest absolute Gasteiger partial charge is 0.343 e. The molecule has 0 aliphatic heterocycles. The van der Waals surface area contributed by atoms with Crippen LogP contribution in [-0.2, 0) is 9.53 Å². The largest absolute Gasteiger partial charge is 0.481 e. The van der Waals surface area contributed by atoms with Gasteiger partial charge in [-0.1, -0.05) is 47.3 Å². The van der Waals surface area contributed by atoms with E-state index in [9.17, 15) is 9.59 Å². The van der Waals surface area contributed by atoms with Crippen LogP contribution in [0.5, 0.6) is 5.75 Å². The molecule has 1 aromatic heterocycles. The first-order chi connectivity index (χ1) is 15.6. The quantitative estimate of drug-likeness (QED) is 0.365. The zero-order valence-corrected chi connectivity index (χ0v) is 19.4. The molecule has 2 aromatic carbocycles. The molecule has 1 aliphatic rings. The van der Waals surface area contributed by atoms with E-state index >= 15 is 0 Å². The SMILES string of the molecule is COC(=O)COc1ccc(Br)cc1C=Nn1c(C2CCCCC2)nc2ccccc2c1=O. The first kappa shape index (κ1) is 22.2. The highest BCUT2D eigenvalue weighted by atomic mass is 79.9. The Kier molecular flexibility index (Phi) is 6.99. The molecule has 0 saturated heterocycles. The molecule has 166 valence electrons. The van der Waals surface area contributed by atoms with E-state index in [2.05, 4.69) is 25.8 Å². The minimum Gasteiger partial charge on any atom is -0.481 e. The van der Waals surface area contributed by atoms with E-state index in [0.29, 0.717) is 28.0 Å². The number of esters is 1. The molecule has 32 heavy (non-hydrogen) atoms. The predicted octanol–water partition coefficient (Wildman–Crippen LogP) is 4.64. The van der Waals surface area contributed by atoms with E-state index < -0.39 is 5.97 Å². The van der Waals surface area contributed by atoms with Crippen molar-refractivity contribution in [3.8, 4) is 5.75 Å². The van der Waals surface area contributed by atoms with Gasteiger partial charge in [0.1, 0.15) is 11.6 Å². The van der Waals surface area contributed by atoms with Gasteiger partial charge in [-0.05, 0) is 43.2 Å². The normalized spacial score (nSPS) is 14.7. The second-order valence-corrected chi connectivity index (χ2v) is 8.65. The van der Waals surface area contributed by atoms with Crippen molar-refractivity contribution in [1.29, 1.82) is 0 Å². The van der Waals surface area contributed by atoms with Gasteiger partial charge in [0.05, 0.1) is 24.2 Å². The Hall–Kier alpha value is -3.00. The predicted molar refractivity (Wildman–Crippen MR) is 126 cm³/mol. The summed E-state index contributed by atoms with van der Waals surface area (Å²) in [7, 11) is 1.31. The topological polar surface area (TPSA) is 82.8 Å². The Bertz CT molecular complexity index is 1220. The molecule has 0 amide bonds. The van der Waals surface area contributed by atoms with Crippen LogP contribution in [0.15, 0.2) is 56.8 Å². The number of fused-ring (bicyclic) bond motifs is 1. The molecular formula is C24H24BrN3O4. The summed E-state index contributed by atoms with van der Waals surface area (Å²) in [5.74, 6) is 0.862. The van der Waals surface area contributed by atoms with Gasteiger partial charge in [-0.2, -0.15) is 9.78 Å². The van der Waals surface area contributed by atoms with Crippen molar-refractivity contribution in [2.24, 2.45) is 5.10 Å². The van der Waals surface area contributed by atoms with Crippen LogP contribution in [-0.4, -0.2) is 35.6 Å². The highest BCUT2D eigenvalue weighted by Gasteiger charge is 2.22. The van der Waals surface area contributed by atoms with Crippen LogP contribution >= 0.6 is 15.9 Å². The number of carbonyl (C=O) groups is 1. The molecule has 1 fully saturated rings. The highest BCUT2D eigenvalue weighted by Crippen LogP contribution is 2.32. The number of aromatic nitrogens is 2. The molecule has 1 heterocycles. The van der Waals surface area contributed by atoms with E-state index in [1.54, 1.807) is 24.4 Å². The molecule has 0 radical (unpaired) electrons. The minimum atomic E-state index is -0.481. The van der Waals surface area contributed by atoms with Crippen LogP contribution in [0.2, 0.25) is 0 Å². The molecule has 1 saturated carbocycles. The molecule has 0 unspecified atom stereocenters. The number of rotatable bonds is 6. The number of hydrogen-bond acceptors (Lipinski definition) is 6. The van der Waals surface area contributed by atoms with Gasteiger partial charge in [-0.25, -0.2) is 9.78 Å². The summed E-state index contributed by atoms with van der Waals surface area (Å²) < 4.78 is 12.5. The van der Waals surface area contributed by atoms with Crippen molar-refractivity contribution in [3.05, 3.63) is 68.7 Å². The summed E-state index contributed by atoms with van der Waals surface area (Å²) in [5, 5.41) is 5.08. The highest BCUT2D eigenvalue weighted by molar-refractivity contribution is 9.10. The van der Waals surface area contributed by atoms with Crippen molar-refractivity contribution in [3.63, 3.8) is 0 Å². The Morgan fingerprint density at radius 1 is 1.22 bits per heavy atom. The standard InChI is InChI=1S/C24H24BrN3O4/c1-31-22(29)15-32-21-12-11-18(25)13-17(21)14-26-28-23(16-7-3-2-4-8-16)27-20-10-6-5-9-19(20)24(28)30/h5-6,9-14,16H,2-4,7-8,15H2,1H3. The van der Waals surface area contributed by atoms with Gasteiger partial charge in [0.2, 0.25) is 0 Å². The van der Waals surface area contributed by atoms with Crippen molar-refractivity contribution < 1.29 is 14.3 Å². The summed E-state index contributed by atoms with van der Waals surface area (Å²) in [4.78, 5) is 29.6. The van der Waals surface area contributed by atoms with Gasteiger partial charge >= 0.3 is 5.97 Å². The zero-order chi connectivity index (χ0) is 22.5. The first-order valence-corrected chi connectivity index (χ1v) is 11.4. The van der Waals surface area contributed by atoms with Crippen molar-refractivity contribution in [2.75, 3.05) is 13.7 Å². The van der Waals surface area contributed by atoms with Crippen LogP contribution in [0.3, 0.4) is 0 Å². The number of benzene rings is 2. The molecule has 0 atom stereocenters. The lowest BCUT2D eigenvalue weighted by Gasteiger charge is -2.22. The summed E-state index contributed by atoms with van der Waals surface area (Å²) in [6, 6.07) is 12.7. The molecule has 8 heteroatoms. The maximum absolute atomic E-state index is 13.3. The van der Waals surface area contributed by atoms with Gasteiger partial charge in [-0.3, -0.25) is 4.79 Å². The van der Waals surface area contributed by atoms with Crippen molar-refractivity contribution >= 4 is 39.0 Å². The number of ether oxygens (including phenoxy) is 2. The second kappa shape index (κ2) is 10.1. The number of hydrogen-bond donors (Lipinski definition) is 0. The molecule has 0 bridgehead atoms. The average Bonchev–Trinajstić information content (AvgIpc) is 2.83. The van der Waals surface area contributed by atoms with Crippen LogP contribution in [0.1, 0.15) is 49.4 Å². The number of nitrogens with zero attached hydrogens (tertiary/aromatic N) is 3. The van der Waals surface area contributed by atoms with E-state index in [0.717, 1.165) is 30.2 Å². The lowest BCUT2D eigenvalue weighted by atomic mass is 9.88. The average molecular weight is 498 g/mol. The number of halogens is 1. The summed E-state index contributed by atoms with van der Waals surface area (Å²) in [6.45, 7) is -0.218. The molecule has 3 aromatic rings. The molecule has 0 N–H and O–H groups in total. The molecule has 0 spiro atoms. The van der Waals surface area contributed by atoms with Crippen molar-refractivity contribution in [2.45, 2.75) is 38.0 Å². The number of carbonyl (C=O) groups excluding carboxylic acids is 1. The number of para-hydroxylation sites is 1. The van der Waals surface area contributed by atoms with Gasteiger partial charge in [0.15, 0.2) is 6.61 Å². The van der Waals surface area contributed by atoms with Crippen LogP contribution in [0.4, 0.5) is 0 Å². The summed E-state index contributed by atoms with van der Waals surface area (Å²) >= 11 is 3.45. The summed E-state index contributed by atoms with van der Waals surface area (Å²) in [5.41, 5.74) is 1.12. The molecule has 7 nitrogen and oxygen atoms in total. The maximum atomic E-state index is 13.3. The monoisotopic (exact) mass is 497 g/mol. The van der Waals surface area contributed by atoms with Crippen molar-refractivity contribution in [1.82, 2.24) is 9.66 Å². The van der Waals surface area contributed by atoms with E-state index in [1.807, 2.05) is 24.3 Å². The van der Waals surface area contributed by atoms with Gasteiger partial charge in [0, 0.05) is 16.0 Å². The Labute approximate surface area is 194 Å². The molecule has 1 aliphatic carbocycles. The zero-order valence-electron chi connectivity index (χ0n) is 17.8. The van der Waals surface area contributed by atoms with Gasteiger partial charge in [-0.15, -0.1) is 0 Å². The Balaban J connectivity index is 1.77. The first-order valence-electron chi connectivity index (χ1n) is 10.6. The Morgan fingerprint density at radius 2 is 2.00 bits per heavy atom. The Morgan fingerprint density at radius 3 is 2.78 bits per heavy atom. The third-order valence-corrected chi connectivity index (χ3v) is 6.10. The molecule has 4 rings (SSSR count). The van der Waals surface area contributed by atoms with Crippen LogP contribution in [0, 0.1) is 0 Å². The van der Waals surface area contributed by atoms with E-state index in [4.69, 9.17) is 9.72 Å². The third-order valence-electron chi connectivity index (χ3n) is 5.61. The second-order valence-electron chi connectivity index (χ2n) is 7.73. The maximum Gasteiger partial charge on any atom is 0.343 e. The van der Waals surface area contributed by atoms with Crippen LogP contribution < -0.4 is 10.3 Å². The fraction of sp³-hybridized carbons (Fsp3) is 0.333. The van der Waals surface area contributed by atoms with Gasteiger partial charge in [0.25, 0.3) is 5.56 Å². The fourth-order valence-corrected chi connectivity index (χ4v) is 4.32. The van der Waals surface area contributed by atoms with E-state index in [-0.39, 0.29) is 18.1 Å². The number of methoxy groups -OCH3 is 1. The lowest BCUT2D eigenvalue weighted by molar-refractivity contribution is -0.142. The third kappa shape index (κ3) is 4.91. The van der Waals surface area contributed by atoms with Crippen LogP contribution in [0.25, 0.3) is 10.9 Å². The summed E-state index contributed by atoms with van der Waals surface area (Å²) in [6.07, 6.45) is 7.00. The van der Waals surface area contributed by atoms with Gasteiger partial charge < -0.3 is 9.47 Å². The van der Waals surface area contributed by atoms with E-state index in [1.165, 1.54) is 18.2 Å². The molecular weight excluding hydrogens is 474 g/mol. The minimum absolute atomic E-state index is 0.191. The lowest BCUT2D eigenvalue weighted by Crippen LogP contribution is -2.25. The fourth-order valence-electron chi connectivity index (χ4n) is 3.94.